The van der Waals surface area contributed by atoms with Crippen molar-refractivity contribution in [1.82, 2.24) is 10.2 Å². The van der Waals surface area contributed by atoms with Crippen LogP contribution in [0.25, 0.3) is 0 Å². The number of nitrogens with zero attached hydrogens (tertiary/aromatic N) is 2. The quantitative estimate of drug-likeness (QED) is 0.845. The molecule has 0 bridgehead atoms. The highest BCUT2D eigenvalue weighted by molar-refractivity contribution is 5.85. The van der Waals surface area contributed by atoms with E-state index in [0.717, 1.165) is 17.7 Å². The topological polar surface area (TPSA) is 37.8 Å². The van der Waals surface area contributed by atoms with Gasteiger partial charge in [-0.2, -0.15) is 5.10 Å². The molecule has 0 saturated heterocycles. The lowest BCUT2D eigenvalue weighted by Crippen LogP contribution is -2.28. The lowest BCUT2D eigenvalue weighted by molar-refractivity contribution is 0.486. The Kier molecular flexibility index (Phi) is 4.33. The van der Waals surface area contributed by atoms with Crippen molar-refractivity contribution in [2.75, 3.05) is 5.32 Å². The summed E-state index contributed by atoms with van der Waals surface area (Å²) in [5.41, 5.74) is 0. The minimum absolute atomic E-state index is 0. The van der Waals surface area contributed by atoms with Gasteiger partial charge in [0.2, 0.25) is 0 Å². The van der Waals surface area contributed by atoms with Crippen LogP contribution in [0.3, 0.4) is 0 Å². The standard InChI is InChI=1S/C11H17N3.ClH/c1-8-5-6-9(2)11(8)13-10-4-3-7-12-14-10;/h3-4,7-9,11H,5-6H2,1-2H3,(H,13,14);1H. The molecule has 3 nitrogen and oxygen atoms in total. The number of halogens is 1. The third-order valence-electron chi connectivity index (χ3n) is 3.19. The first-order valence-corrected chi connectivity index (χ1v) is 5.31. The Morgan fingerprint density at radius 2 is 1.93 bits per heavy atom. The van der Waals surface area contributed by atoms with Gasteiger partial charge in [-0.1, -0.05) is 13.8 Å². The predicted octanol–water partition coefficient (Wildman–Crippen LogP) is 2.74. The molecule has 2 rings (SSSR count). The van der Waals surface area contributed by atoms with E-state index >= 15 is 0 Å². The highest BCUT2D eigenvalue weighted by atomic mass is 35.5. The molecule has 2 atom stereocenters. The van der Waals surface area contributed by atoms with Crippen LogP contribution in [0.15, 0.2) is 18.3 Å². The zero-order valence-electron chi connectivity index (χ0n) is 9.18. The van der Waals surface area contributed by atoms with Crippen LogP contribution < -0.4 is 5.32 Å². The maximum atomic E-state index is 4.05. The average molecular weight is 228 g/mol. The maximum absolute atomic E-state index is 4.05. The van der Waals surface area contributed by atoms with Crippen LogP contribution in [-0.4, -0.2) is 16.2 Å². The predicted molar refractivity (Wildman–Crippen MR) is 64.3 cm³/mol. The summed E-state index contributed by atoms with van der Waals surface area (Å²) in [5.74, 6) is 2.39. The molecule has 1 aromatic heterocycles. The molecule has 15 heavy (non-hydrogen) atoms. The van der Waals surface area contributed by atoms with Crippen LogP contribution in [0.5, 0.6) is 0 Å². The Balaban J connectivity index is 0.00000112. The van der Waals surface area contributed by atoms with Crippen molar-refractivity contribution in [2.24, 2.45) is 11.8 Å². The molecule has 0 aromatic carbocycles. The van der Waals surface area contributed by atoms with E-state index in [2.05, 4.69) is 29.4 Å². The molecule has 0 radical (unpaired) electrons. The van der Waals surface area contributed by atoms with E-state index in [1.54, 1.807) is 6.20 Å². The van der Waals surface area contributed by atoms with Gasteiger partial charge in [0.05, 0.1) is 0 Å². The Bertz CT molecular complexity index is 281. The second-order valence-corrected chi connectivity index (χ2v) is 4.31. The summed E-state index contributed by atoms with van der Waals surface area (Å²) in [7, 11) is 0. The van der Waals surface area contributed by atoms with E-state index in [-0.39, 0.29) is 12.4 Å². The van der Waals surface area contributed by atoms with Crippen LogP contribution in [0.4, 0.5) is 5.82 Å². The first kappa shape index (κ1) is 12.2. The van der Waals surface area contributed by atoms with Gasteiger partial charge in [-0.25, -0.2) is 0 Å². The van der Waals surface area contributed by atoms with E-state index in [4.69, 9.17) is 0 Å². The van der Waals surface area contributed by atoms with E-state index in [0.29, 0.717) is 6.04 Å². The molecule has 1 N–H and O–H groups in total. The smallest absolute Gasteiger partial charge is 0.148 e. The fourth-order valence-electron chi connectivity index (χ4n) is 2.28. The van der Waals surface area contributed by atoms with Gasteiger partial charge in [-0.3, -0.25) is 0 Å². The molecule has 1 fully saturated rings. The molecule has 1 aliphatic carbocycles. The van der Waals surface area contributed by atoms with Gasteiger partial charge in [0.15, 0.2) is 0 Å². The normalized spacial score (nSPS) is 29.6. The maximum Gasteiger partial charge on any atom is 0.148 e. The first-order valence-electron chi connectivity index (χ1n) is 5.31. The van der Waals surface area contributed by atoms with Crippen molar-refractivity contribution in [3.63, 3.8) is 0 Å². The zero-order valence-corrected chi connectivity index (χ0v) is 10.00. The summed E-state index contributed by atoms with van der Waals surface area (Å²) in [4.78, 5) is 0. The van der Waals surface area contributed by atoms with E-state index in [1.807, 2.05) is 12.1 Å². The van der Waals surface area contributed by atoms with Crippen LogP contribution in [0.1, 0.15) is 26.7 Å². The highest BCUT2D eigenvalue weighted by Gasteiger charge is 2.30. The van der Waals surface area contributed by atoms with Crippen molar-refractivity contribution in [2.45, 2.75) is 32.7 Å². The lowest BCUT2D eigenvalue weighted by atomic mass is 10.0. The van der Waals surface area contributed by atoms with Crippen molar-refractivity contribution >= 4 is 18.2 Å². The van der Waals surface area contributed by atoms with Crippen molar-refractivity contribution < 1.29 is 0 Å². The third kappa shape index (κ3) is 2.81. The highest BCUT2D eigenvalue weighted by Crippen LogP contribution is 2.32. The summed E-state index contributed by atoms with van der Waals surface area (Å²) < 4.78 is 0. The first-order chi connectivity index (χ1) is 6.77. The molecule has 84 valence electrons. The van der Waals surface area contributed by atoms with Crippen molar-refractivity contribution in [3.8, 4) is 0 Å². The molecule has 2 unspecified atom stereocenters. The molecule has 0 aliphatic heterocycles. The largest absolute Gasteiger partial charge is 0.365 e. The summed E-state index contributed by atoms with van der Waals surface area (Å²) in [6, 6.07) is 4.45. The third-order valence-corrected chi connectivity index (χ3v) is 3.19. The fraction of sp³-hybridized carbons (Fsp3) is 0.636. The van der Waals surface area contributed by atoms with Gasteiger partial charge in [0.1, 0.15) is 5.82 Å². The Morgan fingerprint density at radius 3 is 2.47 bits per heavy atom. The number of hydrogen-bond donors (Lipinski definition) is 1. The van der Waals surface area contributed by atoms with Crippen LogP contribution in [0, 0.1) is 11.8 Å². The zero-order chi connectivity index (χ0) is 9.97. The molecule has 4 heteroatoms. The summed E-state index contributed by atoms with van der Waals surface area (Å²) in [5, 5.41) is 11.4. The summed E-state index contributed by atoms with van der Waals surface area (Å²) >= 11 is 0. The minimum Gasteiger partial charge on any atom is -0.365 e. The summed E-state index contributed by atoms with van der Waals surface area (Å²) in [6.07, 6.45) is 4.34. The average Bonchev–Trinajstić information content (AvgIpc) is 2.51. The molecule has 1 aliphatic rings. The number of hydrogen-bond acceptors (Lipinski definition) is 3. The van der Waals surface area contributed by atoms with Gasteiger partial charge in [0.25, 0.3) is 0 Å². The van der Waals surface area contributed by atoms with Gasteiger partial charge in [-0.15, -0.1) is 17.5 Å². The Labute approximate surface area is 97.1 Å². The molecular formula is C11H18ClN3. The van der Waals surface area contributed by atoms with Crippen molar-refractivity contribution in [1.29, 1.82) is 0 Å². The molecule has 0 spiro atoms. The van der Waals surface area contributed by atoms with Crippen LogP contribution in [-0.2, 0) is 0 Å². The second-order valence-electron chi connectivity index (χ2n) is 4.31. The van der Waals surface area contributed by atoms with Gasteiger partial charge in [-0.05, 0) is 36.8 Å². The van der Waals surface area contributed by atoms with Gasteiger partial charge in [0, 0.05) is 12.2 Å². The number of rotatable bonds is 2. The number of aromatic nitrogens is 2. The lowest BCUT2D eigenvalue weighted by Gasteiger charge is -2.21. The summed E-state index contributed by atoms with van der Waals surface area (Å²) in [6.45, 7) is 4.61. The monoisotopic (exact) mass is 227 g/mol. The van der Waals surface area contributed by atoms with E-state index < -0.39 is 0 Å². The minimum atomic E-state index is 0. The molecule has 1 saturated carbocycles. The molecule has 1 heterocycles. The van der Waals surface area contributed by atoms with E-state index in [1.165, 1.54) is 12.8 Å². The van der Waals surface area contributed by atoms with Crippen LogP contribution in [0.2, 0.25) is 0 Å². The molecule has 0 amide bonds. The van der Waals surface area contributed by atoms with Gasteiger partial charge < -0.3 is 5.32 Å². The molecular weight excluding hydrogens is 210 g/mol. The van der Waals surface area contributed by atoms with Crippen molar-refractivity contribution in [3.05, 3.63) is 18.3 Å². The Hall–Kier alpha value is -0.830. The van der Waals surface area contributed by atoms with E-state index in [9.17, 15) is 0 Å². The number of nitrogens with one attached hydrogen (secondary N) is 1. The van der Waals surface area contributed by atoms with Gasteiger partial charge >= 0.3 is 0 Å². The number of anilines is 1. The Morgan fingerprint density at radius 1 is 1.27 bits per heavy atom. The SMILES string of the molecule is CC1CCC(C)C1Nc1cccnn1.Cl. The second kappa shape index (κ2) is 5.31. The fourth-order valence-corrected chi connectivity index (χ4v) is 2.28. The molecule has 1 aromatic rings. The van der Waals surface area contributed by atoms with Crippen LogP contribution >= 0.6 is 12.4 Å².